The Hall–Kier alpha value is -1.08. The lowest BCUT2D eigenvalue weighted by Crippen LogP contribution is -2.40. The Morgan fingerprint density at radius 3 is 3.00 bits per heavy atom. The molecule has 6 nitrogen and oxygen atoms in total. The van der Waals surface area contributed by atoms with E-state index in [1.54, 1.807) is 6.92 Å². The zero-order chi connectivity index (χ0) is 12.3. The molecular formula is C10H17N3O3S. The van der Waals surface area contributed by atoms with Crippen molar-refractivity contribution >= 4 is 16.0 Å². The van der Waals surface area contributed by atoms with E-state index in [2.05, 4.69) is 15.0 Å². The van der Waals surface area contributed by atoms with Crippen LogP contribution in [0.3, 0.4) is 0 Å². The van der Waals surface area contributed by atoms with E-state index in [0.29, 0.717) is 5.69 Å². The number of hydrogen-bond donors (Lipinski definition) is 2. The van der Waals surface area contributed by atoms with Crippen LogP contribution in [-0.2, 0) is 10.0 Å². The van der Waals surface area contributed by atoms with E-state index in [1.807, 2.05) is 0 Å². The number of nitrogens with zero attached hydrogens (tertiary/aromatic N) is 1. The average molecular weight is 259 g/mol. The van der Waals surface area contributed by atoms with E-state index in [-0.39, 0.29) is 17.8 Å². The van der Waals surface area contributed by atoms with Gasteiger partial charge in [-0.25, -0.2) is 13.1 Å². The molecular weight excluding hydrogens is 242 g/mol. The fourth-order valence-electron chi connectivity index (χ4n) is 1.91. The van der Waals surface area contributed by atoms with Crippen molar-refractivity contribution in [3.8, 4) is 0 Å². The molecule has 1 atom stereocenters. The smallest absolute Gasteiger partial charge is 0.308 e. The largest absolute Gasteiger partial charge is 0.431 e. The zero-order valence-corrected chi connectivity index (χ0v) is 10.6. The van der Waals surface area contributed by atoms with Gasteiger partial charge in [0.25, 0.3) is 0 Å². The molecule has 1 aliphatic rings. The third-order valence-electron chi connectivity index (χ3n) is 2.69. The Morgan fingerprint density at radius 1 is 1.59 bits per heavy atom. The zero-order valence-electron chi connectivity index (χ0n) is 9.77. The summed E-state index contributed by atoms with van der Waals surface area (Å²) in [5.41, 5.74) is 0.651. The van der Waals surface area contributed by atoms with Crippen molar-refractivity contribution in [2.24, 2.45) is 0 Å². The van der Waals surface area contributed by atoms with Crippen LogP contribution < -0.4 is 10.0 Å². The fraction of sp³-hybridized carbons (Fsp3) is 0.700. The van der Waals surface area contributed by atoms with Crippen LogP contribution >= 0.6 is 0 Å². The molecule has 1 unspecified atom stereocenters. The number of aromatic nitrogens is 1. The number of anilines is 1. The highest BCUT2D eigenvalue weighted by molar-refractivity contribution is 7.92. The number of hydrogen-bond acceptors (Lipinski definition) is 5. The Bertz CT molecular complexity index is 463. The second-order valence-corrected chi connectivity index (χ2v) is 6.09. The molecule has 0 spiro atoms. The van der Waals surface area contributed by atoms with E-state index in [1.165, 1.54) is 6.26 Å². The molecule has 0 aromatic carbocycles. The van der Waals surface area contributed by atoms with Crippen LogP contribution in [0.1, 0.15) is 25.0 Å². The highest BCUT2D eigenvalue weighted by atomic mass is 32.2. The third kappa shape index (κ3) is 3.71. The second-order valence-electron chi connectivity index (χ2n) is 4.32. The molecule has 1 aromatic heterocycles. The van der Waals surface area contributed by atoms with Crippen molar-refractivity contribution in [2.45, 2.75) is 32.2 Å². The number of sulfonamides is 1. The maximum atomic E-state index is 11.8. The minimum absolute atomic E-state index is 0.0253. The first-order valence-electron chi connectivity index (χ1n) is 5.71. The van der Waals surface area contributed by atoms with Crippen molar-refractivity contribution in [2.75, 3.05) is 17.0 Å². The summed E-state index contributed by atoms with van der Waals surface area (Å²) in [6, 6.07) is 0.0654. The van der Waals surface area contributed by atoms with Crippen LogP contribution in [0.4, 0.5) is 6.01 Å². The Balaban J connectivity index is 1.94. The summed E-state index contributed by atoms with van der Waals surface area (Å²) in [6.07, 6.45) is 4.50. The minimum atomic E-state index is -3.39. The summed E-state index contributed by atoms with van der Waals surface area (Å²) in [5, 5.41) is 3.20. The monoisotopic (exact) mass is 259 g/mol. The van der Waals surface area contributed by atoms with Gasteiger partial charge in [-0.2, -0.15) is 4.98 Å². The molecule has 0 radical (unpaired) electrons. The van der Waals surface area contributed by atoms with Gasteiger partial charge in [0, 0.05) is 6.04 Å². The van der Waals surface area contributed by atoms with Gasteiger partial charge in [-0.15, -0.1) is 0 Å². The van der Waals surface area contributed by atoms with Gasteiger partial charge in [0.15, 0.2) is 0 Å². The quantitative estimate of drug-likeness (QED) is 0.838. The highest BCUT2D eigenvalue weighted by Crippen LogP contribution is 2.12. The predicted octanol–water partition coefficient (Wildman–Crippen LogP) is 0.867. The lowest BCUT2D eigenvalue weighted by Gasteiger charge is -2.22. The predicted molar refractivity (Wildman–Crippen MR) is 64.3 cm³/mol. The molecule has 96 valence electrons. The molecule has 17 heavy (non-hydrogen) atoms. The maximum Gasteiger partial charge on any atom is 0.308 e. The van der Waals surface area contributed by atoms with Crippen LogP contribution in [0.2, 0.25) is 0 Å². The van der Waals surface area contributed by atoms with Crippen molar-refractivity contribution in [1.29, 1.82) is 0 Å². The molecule has 0 saturated carbocycles. The van der Waals surface area contributed by atoms with Crippen molar-refractivity contribution in [1.82, 2.24) is 10.3 Å². The second kappa shape index (κ2) is 5.05. The van der Waals surface area contributed by atoms with E-state index < -0.39 is 10.0 Å². The van der Waals surface area contributed by atoms with Gasteiger partial charge in [0.1, 0.15) is 6.26 Å². The lowest BCUT2D eigenvalue weighted by molar-refractivity contribution is 0.424. The van der Waals surface area contributed by atoms with Gasteiger partial charge in [-0.1, -0.05) is 6.42 Å². The van der Waals surface area contributed by atoms with Gasteiger partial charge in [-0.3, -0.25) is 0 Å². The van der Waals surface area contributed by atoms with Crippen molar-refractivity contribution in [3.05, 3.63) is 12.0 Å². The van der Waals surface area contributed by atoms with Gasteiger partial charge < -0.3 is 9.73 Å². The number of oxazole rings is 1. The first-order chi connectivity index (χ1) is 8.05. The van der Waals surface area contributed by atoms with Crippen LogP contribution in [0.25, 0.3) is 0 Å². The number of rotatable bonds is 4. The maximum absolute atomic E-state index is 11.8. The molecule has 1 aromatic rings. The number of nitrogens with one attached hydrogen (secondary N) is 2. The summed E-state index contributed by atoms with van der Waals surface area (Å²) in [4.78, 5) is 3.91. The topological polar surface area (TPSA) is 84.2 Å². The average Bonchev–Trinajstić information content (AvgIpc) is 2.63. The highest BCUT2D eigenvalue weighted by Gasteiger charge is 2.22. The number of aryl methyl sites for hydroxylation is 1. The summed E-state index contributed by atoms with van der Waals surface area (Å²) in [5.74, 6) is 0.0639. The molecule has 7 heteroatoms. The Kier molecular flexibility index (Phi) is 3.68. The summed E-state index contributed by atoms with van der Waals surface area (Å²) >= 11 is 0. The molecule has 0 aliphatic carbocycles. The molecule has 2 rings (SSSR count). The lowest BCUT2D eigenvalue weighted by atomic mass is 10.1. The van der Waals surface area contributed by atoms with E-state index >= 15 is 0 Å². The Labute approximate surface area is 101 Å². The summed E-state index contributed by atoms with van der Waals surface area (Å²) in [6.45, 7) is 2.63. The van der Waals surface area contributed by atoms with Gasteiger partial charge in [0.05, 0.1) is 11.4 Å². The van der Waals surface area contributed by atoms with Crippen molar-refractivity contribution < 1.29 is 12.8 Å². The first-order valence-corrected chi connectivity index (χ1v) is 7.36. The minimum Gasteiger partial charge on any atom is -0.431 e. The molecule has 1 fully saturated rings. The van der Waals surface area contributed by atoms with Crippen LogP contribution in [0.5, 0.6) is 0 Å². The van der Waals surface area contributed by atoms with Crippen LogP contribution in [0.15, 0.2) is 10.7 Å². The van der Waals surface area contributed by atoms with E-state index in [4.69, 9.17) is 4.42 Å². The molecule has 2 N–H and O–H groups in total. The van der Waals surface area contributed by atoms with Crippen LogP contribution in [0, 0.1) is 6.92 Å². The Morgan fingerprint density at radius 2 is 2.41 bits per heavy atom. The molecule has 0 amide bonds. The third-order valence-corrected chi connectivity index (χ3v) is 4.02. The first kappa shape index (κ1) is 12.4. The molecule has 0 bridgehead atoms. The van der Waals surface area contributed by atoms with Crippen molar-refractivity contribution in [3.63, 3.8) is 0 Å². The molecule has 1 aliphatic heterocycles. The summed E-state index contributed by atoms with van der Waals surface area (Å²) < 4.78 is 31.0. The van der Waals surface area contributed by atoms with Gasteiger partial charge >= 0.3 is 6.01 Å². The van der Waals surface area contributed by atoms with Gasteiger partial charge in [0.2, 0.25) is 10.0 Å². The normalized spacial score (nSPS) is 21.4. The molecule has 2 heterocycles. The summed E-state index contributed by atoms with van der Waals surface area (Å²) in [7, 11) is -3.39. The van der Waals surface area contributed by atoms with E-state index in [9.17, 15) is 8.42 Å². The molecule has 1 saturated heterocycles. The number of piperidine rings is 1. The standard InChI is InChI=1S/C10H17N3O3S/c1-8-6-16-10(12-8)13-17(14,15)7-9-4-2-3-5-11-9/h6,9,11H,2-5,7H2,1H3,(H,12,13). The van der Waals surface area contributed by atoms with Gasteiger partial charge in [-0.05, 0) is 26.3 Å². The van der Waals surface area contributed by atoms with Crippen LogP contribution in [-0.4, -0.2) is 31.7 Å². The SMILES string of the molecule is Cc1coc(NS(=O)(=O)CC2CCCCN2)n1. The van der Waals surface area contributed by atoms with E-state index in [0.717, 1.165) is 25.8 Å². The fourth-order valence-corrected chi connectivity index (χ4v) is 3.16.